The van der Waals surface area contributed by atoms with Gasteiger partial charge in [-0.2, -0.15) is 0 Å². The van der Waals surface area contributed by atoms with Gasteiger partial charge >= 0.3 is 0 Å². The summed E-state index contributed by atoms with van der Waals surface area (Å²) in [6.45, 7) is 2.34. The highest BCUT2D eigenvalue weighted by atomic mass is 16.5. The minimum atomic E-state index is -0.0859. The molecule has 0 bridgehead atoms. The molecule has 0 heterocycles. The molecule has 1 fully saturated rings. The van der Waals surface area contributed by atoms with E-state index in [-0.39, 0.29) is 11.6 Å². The first-order valence-corrected chi connectivity index (χ1v) is 7.92. The molecule has 1 saturated carbocycles. The highest BCUT2D eigenvalue weighted by Crippen LogP contribution is 2.40. The Kier molecular flexibility index (Phi) is 5.43. The summed E-state index contributed by atoms with van der Waals surface area (Å²) in [6, 6.07) is 0.197. The third-order valence-electron chi connectivity index (χ3n) is 5.17. The first kappa shape index (κ1) is 15.0. The number of hydrogen-bond acceptors (Lipinski definition) is 3. The molecular weight excluding hydrogens is 236 g/mol. The first-order valence-electron chi connectivity index (χ1n) is 7.92. The van der Waals surface area contributed by atoms with E-state index in [2.05, 4.69) is 18.4 Å². The summed E-state index contributed by atoms with van der Waals surface area (Å²) in [6.07, 6.45) is 13.5. The predicted octanol–water partition coefficient (Wildman–Crippen LogP) is 3.30. The van der Waals surface area contributed by atoms with E-state index in [0.717, 1.165) is 18.8 Å². The zero-order chi connectivity index (χ0) is 13.7. The van der Waals surface area contributed by atoms with E-state index in [1.807, 2.05) is 7.11 Å². The Bertz CT molecular complexity index is 306. The largest absolute Gasteiger partial charge is 0.376 e. The molecular formula is C16H30N2O. The van der Waals surface area contributed by atoms with Crippen LogP contribution in [-0.4, -0.2) is 18.8 Å². The maximum atomic E-state index is 5.99. The SMILES string of the molecule is COC1(C(NN)C2=CCCCCC2)CCC(C)CC1. The fraction of sp³-hybridized carbons (Fsp3) is 0.875. The van der Waals surface area contributed by atoms with Crippen LogP contribution >= 0.6 is 0 Å². The number of methoxy groups -OCH3 is 1. The second-order valence-electron chi connectivity index (χ2n) is 6.43. The maximum Gasteiger partial charge on any atom is 0.0882 e. The maximum absolute atomic E-state index is 5.99. The zero-order valence-corrected chi connectivity index (χ0v) is 12.6. The van der Waals surface area contributed by atoms with E-state index in [4.69, 9.17) is 10.6 Å². The molecule has 2 rings (SSSR count). The smallest absolute Gasteiger partial charge is 0.0882 e. The molecule has 0 aromatic heterocycles. The summed E-state index contributed by atoms with van der Waals surface area (Å²) in [7, 11) is 1.86. The highest BCUT2D eigenvalue weighted by Gasteiger charge is 2.42. The third-order valence-corrected chi connectivity index (χ3v) is 5.17. The molecule has 0 aliphatic heterocycles. The van der Waals surface area contributed by atoms with Crippen LogP contribution in [0.1, 0.15) is 64.7 Å². The van der Waals surface area contributed by atoms with E-state index in [0.29, 0.717) is 0 Å². The standard InChI is InChI=1S/C16H30N2O/c1-13-9-11-16(19-2,12-10-13)15(18-17)14-7-5-3-4-6-8-14/h7,13,15,18H,3-6,8-12,17H2,1-2H3. The third kappa shape index (κ3) is 3.39. The summed E-state index contributed by atoms with van der Waals surface area (Å²) < 4.78 is 5.99. The Labute approximate surface area is 117 Å². The summed E-state index contributed by atoms with van der Waals surface area (Å²) in [5.74, 6) is 6.73. The molecule has 0 amide bonds. The molecule has 1 atom stereocenters. The van der Waals surface area contributed by atoms with Crippen LogP contribution in [0.4, 0.5) is 0 Å². The van der Waals surface area contributed by atoms with Gasteiger partial charge in [-0.1, -0.05) is 25.0 Å². The van der Waals surface area contributed by atoms with Gasteiger partial charge in [0, 0.05) is 7.11 Å². The Hall–Kier alpha value is -0.380. The minimum Gasteiger partial charge on any atom is -0.376 e. The van der Waals surface area contributed by atoms with Crippen molar-refractivity contribution in [3.8, 4) is 0 Å². The summed E-state index contributed by atoms with van der Waals surface area (Å²) in [4.78, 5) is 0. The number of rotatable bonds is 4. The number of nitrogens with two attached hydrogens (primary N) is 1. The predicted molar refractivity (Wildman–Crippen MR) is 79.7 cm³/mol. The van der Waals surface area contributed by atoms with Gasteiger partial charge in [0.05, 0.1) is 11.6 Å². The van der Waals surface area contributed by atoms with Crippen molar-refractivity contribution in [1.29, 1.82) is 0 Å². The van der Waals surface area contributed by atoms with Crippen LogP contribution in [0.15, 0.2) is 11.6 Å². The number of nitrogens with one attached hydrogen (secondary N) is 1. The van der Waals surface area contributed by atoms with Crippen molar-refractivity contribution < 1.29 is 4.74 Å². The molecule has 2 aliphatic rings. The molecule has 3 heteroatoms. The van der Waals surface area contributed by atoms with Gasteiger partial charge in [-0.15, -0.1) is 0 Å². The Morgan fingerprint density at radius 2 is 2.05 bits per heavy atom. The van der Waals surface area contributed by atoms with E-state index < -0.39 is 0 Å². The molecule has 19 heavy (non-hydrogen) atoms. The average Bonchev–Trinajstić information content (AvgIpc) is 2.71. The van der Waals surface area contributed by atoms with Gasteiger partial charge in [0.15, 0.2) is 0 Å². The van der Waals surface area contributed by atoms with Crippen LogP contribution in [0.5, 0.6) is 0 Å². The lowest BCUT2D eigenvalue weighted by Gasteiger charge is -2.44. The lowest BCUT2D eigenvalue weighted by Crippen LogP contribution is -2.56. The lowest BCUT2D eigenvalue weighted by molar-refractivity contribution is -0.0669. The monoisotopic (exact) mass is 266 g/mol. The molecule has 2 aliphatic carbocycles. The zero-order valence-electron chi connectivity index (χ0n) is 12.6. The Balaban J connectivity index is 2.15. The van der Waals surface area contributed by atoms with Crippen molar-refractivity contribution in [2.75, 3.05) is 7.11 Å². The van der Waals surface area contributed by atoms with Crippen LogP contribution in [-0.2, 0) is 4.74 Å². The molecule has 0 radical (unpaired) electrons. The number of hydrazine groups is 1. The number of ether oxygens (including phenoxy) is 1. The summed E-state index contributed by atoms with van der Waals surface area (Å²) >= 11 is 0. The quantitative estimate of drug-likeness (QED) is 0.466. The molecule has 110 valence electrons. The van der Waals surface area contributed by atoms with Crippen LogP contribution in [0, 0.1) is 5.92 Å². The van der Waals surface area contributed by atoms with Gasteiger partial charge in [-0.05, 0) is 57.3 Å². The summed E-state index contributed by atoms with van der Waals surface area (Å²) in [5, 5.41) is 0. The fourth-order valence-electron chi connectivity index (χ4n) is 3.76. The minimum absolute atomic E-state index is 0.0859. The average molecular weight is 266 g/mol. The van der Waals surface area contributed by atoms with Crippen LogP contribution in [0.25, 0.3) is 0 Å². The number of allylic oxidation sites excluding steroid dienone is 1. The molecule has 0 saturated heterocycles. The molecule has 0 aromatic carbocycles. The Morgan fingerprint density at radius 1 is 1.32 bits per heavy atom. The van der Waals surface area contributed by atoms with Crippen molar-refractivity contribution in [3.05, 3.63) is 11.6 Å². The fourth-order valence-corrected chi connectivity index (χ4v) is 3.76. The number of hydrogen-bond donors (Lipinski definition) is 2. The van der Waals surface area contributed by atoms with Crippen molar-refractivity contribution in [3.63, 3.8) is 0 Å². The molecule has 3 N–H and O–H groups in total. The second kappa shape index (κ2) is 6.87. The normalized spacial score (nSPS) is 34.5. The van der Waals surface area contributed by atoms with E-state index in [1.54, 1.807) is 0 Å². The topological polar surface area (TPSA) is 47.3 Å². The second-order valence-corrected chi connectivity index (χ2v) is 6.43. The van der Waals surface area contributed by atoms with E-state index in [1.165, 1.54) is 50.5 Å². The van der Waals surface area contributed by atoms with Gasteiger partial charge < -0.3 is 4.74 Å². The first-order chi connectivity index (χ1) is 9.22. The van der Waals surface area contributed by atoms with Crippen molar-refractivity contribution in [2.24, 2.45) is 11.8 Å². The van der Waals surface area contributed by atoms with Crippen molar-refractivity contribution in [1.82, 2.24) is 5.43 Å². The lowest BCUT2D eigenvalue weighted by atomic mass is 9.73. The van der Waals surface area contributed by atoms with Gasteiger partial charge in [0.2, 0.25) is 0 Å². The molecule has 3 nitrogen and oxygen atoms in total. The van der Waals surface area contributed by atoms with E-state index in [9.17, 15) is 0 Å². The van der Waals surface area contributed by atoms with Gasteiger partial charge in [-0.3, -0.25) is 11.3 Å². The van der Waals surface area contributed by atoms with Crippen LogP contribution < -0.4 is 11.3 Å². The summed E-state index contributed by atoms with van der Waals surface area (Å²) in [5.41, 5.74) is 4.48. The highest BCUT2D eigenvalue weighted by molar-refractivity contribution is 5.19. The molecule has 0 spiro atoms. The van der Waals surface area contributed by atoms with Gasteiger partial charge in [0.1, 0.15) is 0 Å². The Morgan fingerprint density at radius 3 is 2.68 bits per heavy atom. The van der Waals surface area contributed by atoms with Gasteiger partial charge in [0.25, 0.3) is 0 Å². The van der Waals surface area contributed by atoms with Crippen LogP contribution in [0.3, 0.4) is 0 Å². The molecule has 0 aromatic rings. The molecule has 1 unspecified atom stereocenters. The van der Waals surface area contributed by atoms with Gasteiger partial charge in [-0.25, -0.2) is 0 Å². The van der Waals surface area contributed by atoms with Crippen LogP contribution in [0.2, 0.25) is 0 Å². The van der Waals surface area contributed by atoms with Crippen molar-refractivity contribution in [2.45, 2.75) is 76.4 Å². The van der Waals surface area contributed by atoms with Crippen molar-refractivity contribution >= 4 is 0 Å². The van der Waals surface area contributed by atoms with E-state index >= 15 is 0 Å².